The molecular weight excluding hydrogens is 232 g/mol. The quantitative estimate of drug-likeness (QED) is 0.571. The highest BCUT2D eigenvalue weighted by Gasteiger charge is 2.04. The van der Waals surface area contributed by atoms with Crippen molar-refractivity contribution in [3.8, 4) is 0 Å². The Bertz CT molecular complexity index is 312. The van der Waals surface area contributed by atoms with Crippen LogP contribution in [0.4, 0.5) is 0 Å². The molecule has 1 N–H and O–H groups in total. The van der Waals surface area contributed by atoms with E-state index < -0.39 is 0 Å². The summed E-state index contributed by atoms with van der Waals surface area (Å²) in [5.41, 5.74) is 0.950. The van der Waals surface area contributed by atoms with Crippen LogP contribution in [0.25, 0.3) is 0 Å². The molecule has 0 aliphatic carbocycles. The van der Waals surface area contributed by atoms with Crippen LogP contribution in [0, 0.1) is 12.8 Å². The number of nitrogens with one attached hydrogen (secondary N) is 1. The minimum absolute atomic E-state index is 0.601. The van der Waals surface area contributed by atoms with Crippen LogP contribution in [0.5, 0.6) is 0 Å². The van der Waals surface area contributed by atoms with Gasteiger partial charge < -0.3 is 9.73 Å². The molecule has 17 heavy (non-hydrogen) atoms. The summed E-state index contributed by atoms with van der Waals surface area (Å²) in [6, 6.07) is 0.601. The van der Waals surface area contributed by atoms with Gasteiger partial charge in [-0.25, -0.2) is 4.98 Å². The molecule has 3 nitrogen and oxygen atoms in total. The molecule has 0 radical (unpaired) electrons. The van der Waals surface area contributed by atoms with Crippen LogP contribution >= 0.6 is 11.8 Å². The van der Waals surface area contributed by atoms with Crippen molar-refractivity contribution in [2.24, 2.45) is 5.92 Å². The van der Waals surface area contributed by atoms with Gasteiger partial charge in [-0.05, 0) is 32.6 Å². The minimum Gasteiger partial charge on any atom is -0.440 e. The van der Waals surface area contributed by atoms with Crippen molar-refractivity contribution >= 4 is 11.8 Å². The number of oxazole rings is 1. The Hall–Kier alpha value is -0.480. The summed E-state index contributed by atoms with van der Waals surface area (Å²) in [5.74, 6) is 1.80. The van der Waals surface area contributed by atoms with E-state index in [0.717, 1.165) is 29.1 Å². The number of aryl methyl sites for hydroxylation is 1. The van der Waals surface area contributed by atoms with Gasteiger partial charge in [-0.1, -0.05) is 25.6 Å². The molecule has 4 heteroatoms. The number of hydrogen-bond donors (Lipinski definition) is 1. The van der Waals surface area contributed by atoms with Gasteiger partial charge in [0.05, 0.1) is 5.69 Å². The van der Waals surface area contributed by atoms with E-state index in [1.807, 2.05) is 6.92 Å². The van der Waals surface area contributed by atoms with Crippen molar-refractivity contribution in [2.45, 2.75) is 51.8 Å². The molecule has 0 aliphatic heterocycles. The number of thioether (sulfide) groups is 1. The van der Waals surface area contributed by atoms with Crippen molar-refractivity contribution in [3.63, 3.8) is 0 Å². The average molecular weight is 256 g/mol. The van der Waals surface area contributed by atoms with Crippen LogP contribution in [0.15, 0.2) is 15.9 Å². The van der Waals surface area contributed by atoms with Crippen LogP contribution in [-0.2, 0) is 0 Å². The molecule has 1 aromatic heterocycles. The first-order valence-corrected chi connectivity index (χ1v) is 7.34. The Balaban J connectivity index is 2.03. The highest BCUT2D eigenvalue weighted by atomic mass is 32.2. The second-order valence-electron chi connectivity index (χ2n) is 4.93. The summed E-state index contributed by atoms with van der Waals surface area (Å²) < 4.78 is 5.27. The van der Waals surface area contributed by atoms with E-state index in [4.69, 9.17) is 4.42 Å². The van der Waals surface area contributed by atoms with Crippen molar-refractivity contribution in [1.82, 2.24) is 10.3 Å². The lowest BCUT2D eigenvalue weighted by Crippen LogP contribution is -2.28. The average Bonchev–Trinajstić information content (AvgIpc) is 2.68. The van der Waals surface area contributed by atoms with E-state index in [-0.39, 0.29) is 0 Å². The molecule has 1 heterocycles. The number of hydrogen-bond acceptors (Lipinski definition) is 4. The molecule has 98 valence electrons. The van der Waals surface area contributed by atoms with E-state index in [1.165, 1.54) is 12.8 Å². The summed E-state index contributed by atoms with van der Waals surface area (Å²) in [6.07, 6.45) is 4.24. The summed E-state index contributed by atoms with van der Waals surface area (Å²) in [7, 11) is 0. The van der Waals surface area contributed by atoms with E-state index >= 15 is 0 Å². The maximum Gasteiger partial charge on any atom is 0.255 e. The Kier molecular flexibility index (Phi) is 6.66. The van der Waals surface area contributed by atoms with Gasteiger partial charge in [0.15, 0.2) is 0 Å². The van der Waals surface area contributed by atoms with Gasteiger partial charge in [-0.3, -0.25) is 0 Å². The summed E-state index contributed by atoms with van der Waals surface area (Å²) in [6.45, 7) is 9.74. The third kappa shape index (κ3) is 6.74. The van der Waals surface area contributed by atoms with E-state index in [1.54, 1.807) is 18.0 Å². The first-order valence-electron chi connectivity index (χ1n) is 6.36. The van der Waals surface area contributed by atoms with Gasteiger partial charge in [0.2, 0.25) is 0 Å². The van der Waals surface area contributed by atoms with E-state index in [9.17, 15) is 0 Å². The summed E-state index contributed by atoms with van der Waals surface area (Å²) in [4.78, 5) is 4.26. The zero-order valence-corrected chi connectivity index (χ0v) is 12.1. The molecule has 0 aliphatic rings. The summed E-state index contributed by atoms with van der Waals surface area (Å²) >= 11 is 1.67. The zero-order chi connectivity index (χ0) is 12.7. The maximum absolute atomic E-state index is 5.27. The Morgan fingerprint density at radius 3 is 2.71 bits per heavy atom. The van der Waals surface area contributed by atoms with Crippen LogP contribution in [0.1, 0.15) is 39.3 Å². The maximum atomic E-state index is 5.27. The molecule has 0 bridgehead atoms. The monoisotopic (exact) mass is 256 g/mol. The van der Waals surface area contributed by atoms with Crippen LogP contribution in [0.3, 0.4) is 0 Å². The molecule has 0 aromatic carbocycles. The summed E-state index contributed by atoms with van der Waals surface area (Å²) in [5, 5.41) is 4.30. The number of aromatic nitrogens is 1. The largest absolute Gasteiger partial charge is 0.440 e. The van der Waals surface area contributed by atoms with Gasteiger partial charge in [0.1, 0.15) is 6.26 Å². The molecule has 1 rings (SSSR count). The third-order valence-electron chi connectivity index (χ3n) is 2.60. The molecule has 0 amide bonds. The third-order valence-corrected chi connectivity index (χ3v) is 3.44. The van der Waals surface area contributed by atoms with Crippen molar-refractivity contribution in [1.29, 1.82) is 0 Å². The topological polar surface area (TPSA) is 38.1 Å². The highest BCUT2D eigenvalue weighted by Crippen LogP contribution is 2.15. The molecule has 0 spiro atoms. The van der Waals surface area contributed by atoms with Crippen LogP contribution in [0.2, 0.25) is 0 Å². The van der Waals surface area contributed by atoms with Crippen LogP contribution in [-0.4, -0.2) is 23.3 Å². The molecule has 0 saturated heterocycles. The predicted octanol–water partition coefficient (Wildman–Crippen LogP) is 3.49. The molecule has 0 fully saturated rings. The van der Waals surface area contributed by atoms with Crippen molar-refractivity contribution < 1.29 is 4.42 Å². The number of rotatable bonds is 8. The van der Waals surface area contributed by atoms with Gasteiger partial charge >= 0.3 is 0 Å². The fraction of sp³-hybridized carbons (Fsp3) is 0.769. The van der Waals surface area contributed by atoms with Crippen molar-refractivity contribution in [2.75, 3.05) is 12.3 Å². The second kappa shape index (κ2) is 7.77. The van der Waals surface area contributed by atoms with Gasteiger partial charge in [0.25, 0.3) is 5.22 Å². The first kappa shape index (κ1) is 14.6. The minimum atomic E-state index is 0.601. The Morgan fingerprint density at radius 2 is 2.12 bits per heavy atom. The second-order valence-corrected chi connectivity index (χ2v) is 5.98. The highest BCUT2D eigenvalue weighted by molar-refractivity contribution is 7.99. The Morgan fingerprint density at radius 1 is 1.35 bits per heavy atom. The van der Waals surface area contributed by atoms with Crippen molar-refractivity contribution in [3.05, 3.63) is 12.0 Å². The van der Waals surface area contributed by atoms with Gasteiger partial charge in [-0.15, -0.1) is 0 Å². The lowest BCUT2D eigenvalue weighted by molar-refractivity contribution is 0.451. The Labute approximate surface area is 109 Å². The van der Waals surface area contributed by atoms with Gasteiger partial charge in [0, 0.05) is 18.3 Å². The smallest absolute Gasteiger partial charge is 0.255 e. The van der Waals surface area contributed by atoms with Gasteiger partial charge in [-0.2, -0.15) is 0 Å². The molecule has 1 aromatic rings. The lowest BCUT2D eigenvalue weighted by Gasteiger charge is -2.14. The fourth-order valence-electron chi connectivity index (χ4n) is 1.53. The SMILES string of the molecule is Cc1coc(SCCNC(C)CCC(C)C)n1. The predicted molar refractivity (Wildman–Crippen MR) is 73.5 cm³/mol. The normalized spacial score (nSPS) is 13.2. The van der Waals surface area contributed by atoms with E-state index in [0.29, 0.717) is 6.04 Å². The molecular formula is C13H24N2OS. The molecule has 1 unspecified atom stereocenters. The van der Waals surface area contributed by atoms with E-state index in [2.05, 4.69) is 31.1 Å². The first-order chi connectivity index (χ1) is 8.08. The molecule has 1 atom stereocenters. The fourth-order valence-corrected chi connectivity index (χ4v) is 2.25. The zero-order valence-electron chi connectivity index (χ0n) is 11.3. The van der Waals surface area contributed by atoms with Crippen LogP contribution < -0.4 is 5.32 Å². The lowest BCUT2D eigenvalue weighted by atomic mass is 10.0. The molecule has 0 saturated carbocycles. The number of nitrogens with zero attached hydrogens (tertiary/aromatic N) is 1. The standard InChI is InChI=1S/C13H24N2OS/c1-10(2)5-6-11(3)14-7-8-17-13-15-12(4)9-16-13/h9-11,14H,5-8H2,1-4H3.